The lowest BCUT2D eigenvalue weighted by molar-refractivity contribution is 0.433. The number of aromatic nitrogens is 1. The SMILES string of the molecule is CCCNC(C)(C#N)CCSc1ncco1. The monoisotopic (exact) mass is 239 g/mol. The highest BCUT2D eigenvalue weighted by molar-refractivity contribution is 7.99. The van der Waals surface area contributed by atoms with E-state index in [1.807, 2.05) is 6.92 Å². The first-order valence-corrected chi connectivity index (χ1v) is 6.37. The molecule has 0 bridgehead atoms. The summed E-state index contributed by atoms with van der Waals surface area (Å²) >= 11 is 1.53. The Balaban J connectivity index is 2.31. The third-order valence-electron chi connectivity index (χ3n) is 2.25. The van der Waals surface area contributed by atoms with Gasteiger partial charge in [-0.05, 0) is 26.3 Å². The summed E-state index contributed by atoms with van der Waals surface area (Å²) in [5, 5.41) is 13.0. The van der Waals surface area contributed by atoms with Gasteiger partial charge >= 0.3 is 0 Å². The third-order valence-corrected chi connectivity index (χ3v) is 3.11. The highest BCUT2D eigenvalue weighted by atomic mass is 32.2. The first-order chi connectivity index (χ1) is 7.70. The van der Waals surface area contributed by atoms with E-state index in [4.69, 9.17) is 9.68 Å². The van der Waals surface area contributed by atoms with Crippen molar-refractivity contribution in [1.29, 1.82) is 5.26 Å². The van der Waals surface area contributed by atoms with E-state index in [0.717, 1.165) is 25.1 Å². The molecule has 0 aliphatic carbocycles. The second-order valence-corrected chi connectivity index (χ2v) is 4.81. The number of hydrogen-bond acceptors (Lipinski definition) is 5. The maximum absolute atomic E-state index is 9.11. The van der Waals surface area contributed by atoms with Gasteiger partial charge in [0.1, 0.15) is 11.8 Å². The van der Waals surface area contributed by atoms with Crippen LogP contribution in [0.1, 0.15) is 26.7 Å². The molecule has 1 aromatic rings. The standard InChI is InChI=1S/C11H17N3OS/c1-3-5-14-11(2,9-12)4-8-16-10-13-6-7-15-10/h6-7,14H,3-5,8H2,1-2H3. The van der Waals surface area contributed by atoms with E-state index in [2.05, 4.69) is 23.3 Å². The molecule has 0 fully saturated rings. The number of nitriles is 1. The lowest BCUT2D eigenvalue weighted by atomic mass is 10.0. The largest absolute Gasteiger partial charge is 0.440 e. The van der Waals surface area contributed by atoms with Gasteiger partial charge in [-0.15, -0.1) is 0 Å². The van der Waals surface area contributed by atoms with Gasteiger partial charge in [0.2, 0.25) is 0 Å². The summed E-state index contributed by atoms with van der Waals surface area (Å²) in [6.45, 7) is 4.89. The molecule has 0 aliphatic heterocycles. The lowest BCUT2D eigenvalue weighted by Gasteiger charge is -2.22. The van der Waals surface area contributed by atoms with Gasteiger partial charge in [-0.3, -0.25) is 5.32 Å². The van der Waals surface area contributed by atoms with E-state index in [-0.39, 0.29) is 0 Å². The zero-order valence-electron chi connectivity index (χ0n) is 9.69. The molecule has 1 heterocycles. The van der Waals surface area contributed by atoms with Crippen LogP contribution in [0.15, 0.2) is 22.1 Å². The Hall–Kier alpha value is -0.990. The van der Waals surface area contributed by atoms with Crippen molar-refractivity contribution in [3.05, 3.63) is 12.5 Å². The molecule has 1 atom stereocenters. The summed E-state index contributed by atoms with van der Waals surface area (Å²) in [4.78, 5) is 4.02. The average molecular weight is 239 g/mol. The molecule has 88 valence electrons. The third kappa shape index (κ3) is 4.25. The van der Waals surface area contributed by atoms with Crippen LogP contribution in [0.25, 0.3) is 0 Å². The van der Waals surface area contributed by atoms with Crippen molar-refractivity contribution in [3.8, 4) is 6.07 Å². The number of thioether (sulfide) groups is 1. The zero-order chi connectivity index (χ0) is 11.9. The normalized spacial score (nSPS) is 14.3. The minimum atomic E-state index is -0.449. The first-order valence-electron chi connectivity index (χ1n) is 5.39. The van der Waals surface area contributed by atoms with Crippen molar-refractivity contribution in [2.24, 2.45) is 0 Å². The molecule has 1 aromatic heterocycles. The average Bonchev–Trinajstić information content (AvgIpc) is 2.79. The van der Waals surface area contributed by atoms with Crippen LogP contribution in [-0.4, -0.2) is 22.8 Å². The molecule has 0 saturated heterocycles. The Labute approximate surface area is 100 Å². The van der Waals surface area contributed by atoms with Crippen LogP contribution in [-0.2, 0) is 0 Å². The van der Waals surface area contributed by atoms with Gasteiger partial charge in [0, 0.05) is 5.75 Å². The van der Waals surface area contributed by atoms with E-state index in [9.17, 15) is 0 Å². The summed E-state index contributed by atoms with van der Waals surface area (Å²) in [6.07, 6.45) is 4.99. The number of nitrogens with zero attached hydrogens (tertiary/aromatic N) is 2. The molecule has 0 radical (unpaired) electrons. The fraction of sp³-hybridized carbons (Fsp3) is 0.636. The van der Waals surface area contributed by atoms with Gasteiger partial charge < -0.3 is 4.42 Å². The Morgan fingerprint density at radius 2 is 2.50 bits per heavy atom. The van der Waals surface area contributed by atoms with Gasteiger partial charge in [-0.25, -0.2) is 4.98 Å². The van der Waals surface area contributed by atoms with Crippen LogP contribution in [0, 0.1) is 11.3 Å². The van der Waals surface area contributed by atoms with Gasteiger partial charge in [0.15, 0.2) is 0 Å². The van der Waals surface area contributed by atoms with E-state index < -0.39 is 5.54 Å². The molecule has 0 amide bonds. The highest BCUT2D eigenvalue weighted by Crippen LogP contribution is 2.19. The smallest absolute Gasteiger partial charge is 0.255 e. The van der Waals surface area contributed by atoms with Crippen molar-refractivity contribution in [2.75, 3.05) is 12.3 Å². The second-order valence-electron chi connectivity index (χ2n) is 3.77. The summed E-state index contributed by atoms with van der Waals surface area (Å²) in [6, 6.07) is 2.32. The summed E-state index contributed by atoms with van der Waals surface area (Å²) < 4.78 is 5.11. The van der Waals surface area contributed by atoms with Gasteiger partial charge in [-0.1, -0.05) is 18.7 Å². The number of hydrogen-bond donors (Lipinski definition) is 1. The number of rotatable bonds is 7. The molecular formula is C11H17N3OS. The Kier molecular flexibility index (Phi) is 5.36. The van der Waals surface area contributed by atoms with Crippen molar-refractivity contribution in [2.45, 2.75) is 37.5 Å². The maximum atomic E-state index is 9.11. The lowest BCUT2D eigenvalue weighted by Crippen LogP contribution is -2.41. The van der Waals surface area contributed by atoms with Crippen molar-refractivity contribution < 1.29 is 4.42 Å². The highest BCUT2D eigenvalue weighted by Gasteiger charge is 2.22. The first kappa shape index (κ1) is 13.1. The molecule has 0 aliphatic rings. The fourth-order valence-electron chi connectivity index (χ4n) is 1.21. The number of nitrogens with one attached hydrogen (secondary N) is 1. The van der Waals surface area contributed by atoms with Gasteiger partial charge in [-0.2, -0.15) is 5.26 Å². The minimum Gasteiger partial charge on any atom is -0.440 e. The van der Waals surface area contributed by atoms with Crippen LogP contribution in [0.5, 0.6) is 0 Å². The van der Waals surface area contributed by atoms with Crippen molar-refractivity contribution >= 4 is 11.8 Å². The zero-order valence-corrected chi connectivity index (χ0v) is 10.5. The van der Waals surface area contributed by atoms with E-state index >= 15 is 0 Å². The van der Waals surface area contributed by atoms with Gasteiger partial charge in [0.05, 0.1) is 12.3 Å². The molecule has 4 nitrogen and oxygen atoms in total. The van der Waals surface area contributed by atoms with Crippen molar-refractivity contribution in [3.63, 3.8) is 0 Å². The molecule has 0 aromatic carbocycles. The Morgan fingerprint density at radius 1 is 1.69 bits per heavy atom. The van der Waals surface area contributed by atoms with Crippen LogP contribution in [0.3, 0.4) is 0 Å². The fourth-order valence-corrected chi connectivity index (χ4v) is 2.15. The summed E-state index contributed by atoms with van der Waals surface area (Å²) in [5.74, 6) is 0.821. The van der Waals surface area contributed by atoms with Gasteiger partial charge in [0.25, 0.3) is 5.22 Å². The molecule has 16 heavy (non-hydrogen) atoms. The molecular weight excluding hydrogens is 222 g/mol. The van der Waals surface area contributed by atoms with E-state index in [1.54, 1.807) is 12.5 Å². The molecule has 0 spiro atoms. The topological polar surface area (TPSA) is 61.9 Å². The summed E-state index contributed by atoms with van der Waals surface area (Å²) in [7, 11) is 0. The minimum absolute atomic E-state index is 0.449. The Morgan fingerprint density at radius 3 is 3.06 bits per heavy atom. The predicted octanol–water partition coefficient (Wildman–Crippen LogP) is 2.44. The summed E-state index contributed by atoms with van der Waals surface area (Å²) in [5.41, 5.74) is -0.449. The van der Waals surface area contributed by atoms with E-state index in [1.165, 1.54) is 11.8 Å². The molecule has 1 rings (SSSR count). The molecule has 0 saturated carbocycles. The van der Waals surface area contributed by atoms with E-state index in [0.29, 0.717) is 5.22 Å². The molecule has 1 unspecified atom stereocenters. The molecule has 5 heteroatoms. The van der Waals surface area contributed by atoms with Crippen LogP contribution >= 0.6 is 11.8 Å². The second kappa shape index (κ2) is 6.56. The van der Waals surface area contributed by atoms with Crippen molar-refractivity contribution in [1.82, 2.24) is 10.3 Å². The van der Waals surface area contributed by atoms with Crippen LogP contribution in [0.4, 0.5) is 0 Å². The Bertz CT molecular complexity index is 333. The molecule has 1 N–H and O–H groups in total. The van der Waals surface area contributed by atoms with Crippen LogP contribution < -0.4 is 5.32 Å². The van der Waals surface area contributed by atoms with Crippen LogP contribution in [0.2, 0.25) is 0 Å². The quantitative estimate of drug-likeness (QED) is 0.740. The number of oxazole rings is 1. The maximum Gasteiger partial charge on any atom is 0.255 e. The predicted molar refractivity (Wildman–Crippen MR) is 64.2 cm³/mol.